The number of hydrogen-bond donors (Lipinski definition) is 3. The molecule has 0 spiro atoms. The minimum atomic E-state index is -1.17. The van der Waals surface area contributed by atoms with Crippen LogP contribution in [0, 0.1) is 0 Å². The van der Waals surface area contributed by atoms with Crippen LogP contribution in [0.4, 0.5) is 0 Å². The molecule has 3 N–H and O–H groups in total. The summed E-state index contributed by atoms with van der Waals surface area (Å²) in [6.45, 7) is 2.88. The molecule has 0 unspecified atom stereocenters. The molecule has 68 valence electrons. The van der Waals surface area contributed by atoms with E-state index < -0.39 is 17.9 Å². The molecule has 0 saturated carbocycles. The van der Waals surface area contributed by atoms with Crippen LogP contribution in [0.3, 0.4) is 0 Å². The van der Waals surface area contributed by atoms with Gasteiger partial charge in [-0.2, -0.15) is 0 Å². The third-order valence-electron chi connectivity index (χ3n) is 1.22. The minimum Gasteiger partial charge on any atom is -0.480 e. The van der Waals surface area contributed by atoms with Gasteiger partial charge in [0.15, 0.2) is 0 Å². The van der Waals surface area contributed by atoms with Crippen LogP contribution in [-0.2, 0) is 9.59 Å². The summed E-state index contributed by atoms with van der Waals surface area (Å²) < 4.78 is 0. The quantitative estimate of drug-likeness (QED) is 0.471. The number of carboxylic acid groups (broad SMARTS) is 1. The summed E-state index contributed by atoms with van der Waals surface area (Å²) in [4.78, 5) is 21.0. The van der Waals surface area contributed by atoms with Crippen molar-refractivity contribution in [2.24, 2.45) is 0 Å². The van der Waals surface area contributed by atoms with Gasteiger partial charge in [-0.15, -0.1) is 0 Å². The Morgan fingerprint density at radius 2 is 2.17 bits per heavy atom. The van der Waals surface area contributed by atoms with Crippen molar-refractivity contribution < 1.29 is 19.8 Å². The highest BCUT2D eigenvalue weighted by Gasteiger charge is 2.17. The summed E-state index contributed by atoms with van der Waals surface area (Å²) in [7, 11) is 0. The normalized spacial score (nSPS) is 11.8. The first-order chi connectivity index (χ1) is 5.61. The molecule has 1 atom stereocenters. The van der Waals surface area contributed by atoms with Crippen LogP contribution in [0.2, 0.25) is 0 Å². The van der Waals surface area contributed by atoms with Gasteiger partial charge in [0.05, 0.1) is 0 Å². The highest BCUT2D eigenvalue weighted by atomic mass is 16.4. The van der Waals surface area contributed by atoms with Crippen LogP contribution >= 0.6 is 0 Å². The highest BCUT2D eigenvalue weighted by Crippen LogP contribution is 1.90. The lowest BCUT2D eigenvalue weighted by Crippen LogP contribution is -2.40. The number of carbonyl (C=O) groups excluding carboxylic acids is 1. The van der Waals surface area contributed by atoms with Gasteiger partial charge in [0.25, 0.3) is 0 Å². The summed E-state index contributed by atoms with van der Waals surface area (Å²) in [5.74, 6) is -1.73. The molecule has 0 radical (unpaired) electrons. The molecule has 0 rings (SSSR count). The van der Waals surface area contributed by atoms with E-state index in [-0.39, 0.29) is 13.0 Å². The Kier molecular flexibility index (Phi) is 4.71. The van der Waals surface area contributed by atoms with Gasteiger partial charge in [-0.1, -0.05) is 6.58 Å². The van der Waals surface area contributed by atoms with E-state index in [1.807, 2.05) is 0 Å². The molecule has 0 fully saturated rings. The van der Waals surface area contributed by atoms with Crippen LogP contribution in [-0.4, -0.2) is 34.7 Å². The molecule has 0 aromatic rings. The van der Waals surface area contributed by atoms with Crippen molar-refractivity contribution in [1.82, 2.24) is 5.32 Å². The van der Waals surface area contributed by atoms with Crippen LogP contribution in [0.15, 0.2) is 12.7 Å². The lowest BCUT2D eigenvalue weighted by molar-refractivity contribution is -0.141. The van der Waals surface area contributed by atoms with Gasteiger partial charge >= 0.3 is 5.97 Å². The molecule has 12 heavy (non-hydrogen) atoms. The number of aliphatic carboxylic acids is 1. The molecule has 0 aromatic heterocycles. The van der Waals surface area contributed by atoms with Crippen molar-refractivity contribution in [1.29, 1.82) is 0 Å². The number of hydrogen-bond acceptors (Lipinski definition) is 3. The molecule has 0 aromatic carbocycles. The molecule has 1 amide bonds. The SMILES string of the molecule is C=CC(=O)N[C@H](CCO)C(=O)O. The zero-order valence-electron chi connectivity index (χ0n) is 6.49. The lowest BCUT2D eigenvalue weighted by atomic mass is 10.2. The third-order valence-corrected chi connectivity index (χ3v) is 1.22. The molecular weight excluding hydrogens is 162 g/mol. The van der Waals surface area contributed by atoms with Gasteiger partial charge in [-0.25, -0.2) is 4.79 Å². The Labute approximate surface area is 69.7 Å². The minimum absolute atomic E-state index is 0.00505. The molecule has 0 saturated heterocycles. The second kappa shape index (κ2) is 5.31. The molecule has 5 nitrogen and oxygen atoms in total. The molecule has 5 heteroatoms. The zero-order valence-corrected chi connectivity index (χ0v) is 6.49. The van der Waals surface area contributed by atoms with Gasteiger partial charge in [-0.05, 0) is 6.08 Å². The second-order valence-corrected chi connectivity index (χ2v) is 2.12. The fourth-order valence-electron chi connectivity index (χ4n) is 0.617. The number of aliphatic hydroxyl groups excluding tert-OH is 1. The standard InChI is InChI=1S/C7H11NO4/c1-2-6(10)8-5(3-4-9)7(11)12/h2,5,9H,1,3-4H2,(H,8,10)(H,11,12)/t5-/m1/s1. The van der Waals surface area contributed by atoms with Crippen LogP contribution < -0.4 is 5.32 Å². The van der Waals surface area contributed by atoms with E-state index in [9.17, 15) is 9.59 Å². The summed E-state index contributed by atoms with van der Waals surface area (Å²) >= 11 is 0. The zero-order chi connectivity index (χ0) is 9.56. The van der Waals surface area contributed by atoms with Crippen molar-refractivity contribution in [3.05, 3.63) is 12.7 Å². The van der Waals surface area contributed by atoms with E-state index in [2.05, 4.69) is 11.9 Å². The van der Waals surface area contributed by atoms with Crippen LogP contribution in [0.1, 0.15) is 6.42 Å². The number of carbonyl (C=O) groups is 2. The Bertz CT molecular complexity index is 190. The topological polar surface area (TPSA) is 86.6 Å². The summed E-state index contributed by atoms with van der Waals surface area (Å²) in [6, 6.07) is -1.04. The van der Waals surface area contributed by atoms with Crippen molar-refractivity contribution >= 4 is 11.9 Å². The molecular formula is C7H11NO4. The largest absolute Gasteiger partial charge is 0.480 e. The average Bonchev–Trinajstić information content (AvgIpc) is 2.03. The van der Waals surface area contributed by atoms with Gasteiger partial charge in [-0.3, -0.25) is 4.79 Å². The van der Waals surface area contributed by atoms with Crippen molar-refractivity contribution in [2.45, 2.75) is 12.5 Å². The van der Waals surface area contributed by atoms with Gasteiger partial charge < -0.3 is 15.5 Å². The Morgan fingerprint density at radius 3 is 2.50 bits per heavy atom. The Balaban J connectivity index is 4.03. The average molecular weight is 173 g/mol. The van der Waals surface area contributed by atoms with E-state index in [1.54, 1.807) is 0 Å². The number of rotatable bonds is 5. The van der Waals surface area contributed by atoms with E-state index in [0.29, 0.717) is 0 Å². The van der Waals surface area contributed by atoms with E-state index >= 15 is 0 Å². The first-order valence-electron chi connectivity index (χ1n) is 3.38. The lowest BCUT2D eigenvalue weighted by Gasteiger charge is -2.10. The summed E-state index contributed by atoms with van der Waals surface area (Å²) in [5.41, 5.74) is 0. The predicted molar refractivity (Wildman–Crippen MR) is 41.5 cm³/mol. The summed E-state index contributed by atoms with van der Waals surface area (Å²) in [6.07, 6.45) is 0.974. The predicted octanol–water partition coefficient (Wildman–Crippen LogP) is -0.876. The fourth-order valence-corrected chi connectivity index (χ4v) is 0.617. The molecule has 0 aliphatic rings. The number of nitrogens with one attached hydrogen (secondary N) is 1. The maximum atomic E-state index is 10.6. The fraction of sp³-hybridized carbons (Fsp3) is 0.429. The van der Waals surface area contributed by atoms with Crippen LogP contribution in [0.5, 0.6) is 0 Å². The van der Waals surface area contributed by atoms with Crippen molar-refractivity contribution in [3.63, 3.8) is 0 Å². The maximum absolute atomic E-state index is 10.6. The first kappa shape index (κ1) is 10.6. The highest BCUT2D eigenvalue weighted by molar-refractivity contribution is 5.90. The molecule has 0 aliphatic heterocycles. The number of aliphatic hydroxyl groups is 1. The first-order valence-corrected chi connectivity index (χ1v) is 3.38. The van der Waals surface area contributed by atoms with Crippen molar-refractivity contribution in [3.8, 4) is 0 Å². The van der Waals surface area contributed by atoms with E-state index in [4.69, 9.17) is 10.2 Å². The van der Waals surface area contributed by atoms with Crippen LogP contribution in [0.25, 0.3) is 0 Å². The monoisotopic (exact) mass is 173 g/mol. The van der Waals surface area contributed by atoms with E-state index in [0.717, 1.165) is 6.08 Å². The maximum Gasteiger partial charge on any atom is 0.326 e. The smallest absolute Gasteiger partial charge is 0.326 e. The number of amides is 1. The molecule has 0 bridgehead atoms. The van der Waals surface area contributed by atoms with E-state index in [1.165, 1.54) is 0 Å². The molecule has 0 heterocycles. The van der Waals surface area contributed by atoms with Gasteiger partial charge in [0.1, 0.15) is 6.04 Å². The molecule has 0 aliphatic carbocycles. The van der Waals surface area contributed by atoms with Crippen molar-refractivity contribution in [2.75, 3.05) is 6.61 Å². The second-order valence-electron chi connectivity index (χ2n) is 2.12. The Morgan fingerprint density at radius 1 is 1.58 bits per heavy atom. The van der Waals surface area contributed by atoms with Gasteiger partial charge in [0, 0.05) is 13.0 Å². The Hall–Kier alpha value is -1.36. The summed E-state index contributed by atoms with van der Waals surface area (Å²) in [5, 5.41) is 19.1. The number of carboxylic acids is 1. The van der Waals surface area contributed by atoms with Gasteiger partial charge in [0.2, 0.25) is 5.91 Å². The third kappa shape index (κ3) is 3.72.